The van der Waals surface area contributed by atoms with E-state index in [1.807, 2.05) is 35.2 Å². The van der Waals surface area contributed by atoms with Crippen LogP contribution in [-0.2, 0) is 6.18 Å². The Morgan fingerprint density at radius 1 is 0.852 bits per heavy atom. The number of fused-ring (bicyclic) bond motifs is 1. The Morgan fingerprint density at radius 3 is 2.19 bits per heavy atom. The average Bonchev–Trinajstić information content (AvgIpc) is 2.68. The lowest BCUT2D eigenvalue weighted by atomic mass is 10.1. The van der Waals surface area contributed by atoms with E-state index in [0.717, 1.165) is 24.8 Å². The number of anilines is 2. The van der Waals surface area contributed by atoms with E-state index in [9.17, 15) is 13.2 Å². The summed E-state index contributed by atoms with van der Waals surface area (Å²) in [5, 5.41) is 0.867. The molecule has 0 spiro atoms. The van der Waals surface area contributed by atoms with Crippen molar-refractivity contribution >= 4 is 33.9 Å². The second-order valence-corrected chi connectivity index (χ2v) is 6.88. The number of pyridine rings is 1. The molecule has 1 aliphatic rings. The molecule has 0 saturated carbocycles. The lowest BCUT2D eigenvalue weighted by Crippen LogP contribution is -2.46. The van der Waals surface area contributed by atoms with Gasteiger partial charge in [0.05, 0.1) is 10.5 Å². The van der Waals surface area contributed by atoms with Crippen molar-refractivity contribution in [3.05, 3.63) is 65.3 Å². The SMILES string of the molecule is FC(F)(F)c1cc(N2CCN(c3ccccc3)CC2)c2cccc(Cl)c2n1. The molecule has 3 aromatic rings. The summed E-state index contributed by atoms with van der Waals surface area (Å²) in [7, 11) is 0. The summed E-state index contributed by atoms with van der Waals surface area (Å²) in [4.78, 5) is 7.98. The maximum absolute atomic E-state index is 13.3. The number of nitrogens with zero attached hydrogens (tertiary/aromatic N) is 3. The molecule has 1 fully saturated rings. The molecule has 0 radical (unpaired) electrons. The molecule has 2 aromatic carbocycles. The minimum Gasteiger partial charge on any atom is -0.368 e. The highest BCUT2D eigenvalue weighted by Gasteiger charge is 2.34. The van der Waals surface area contributed by atoms with E-state index in [2.05, 4.69) is 9.88 Å². The summed E-state index contributed by atoms with van der Waals surface area (Å²) in [6.45, 7) is 2.71. The van der Waals surface area contributed by atoms with Gasteiger partial charge in [0.25, 0.3) is 0 Å². The van der Waals surface area contributed by atoms with E-state index in [1.54, 1.807) is 18.2 Å². The summed E-state index contributed by atoms with van der Waals surface area (Å²) < 4.78 is 40.0. The van der Waals surface area contributed by atoms with Crippen LogP contribution in [0.1, 0.15) is 5.69 Å². The highest BCUT2D eigenvalue weighted by Crippen LogP contribution is 2.37. The van der Waals surface area contributed by atoms with E-state index >= 15 is 0 Å². The zero-order chi connectivity index (χ0) is 19.0. The van der Waals surface area contributed by atoms with E-state index in [-0.39, 0.29) is 10.5 Å². The van der Waals surface area contributed by atoms with Gasteiger partial charge in [0, 0.05) is 42.9 Å². The average molecular weight is 392 g/mol. The Hall–Kier alpha value is -2.47. The van der Waals surface area contributed by atoms with Gasteiger partial charge in [-0.15, -0.1) is 0 Å². The topological polar surface area (TPSA) is 19.4 Å². The number of hydrogen-bond acceptors (Lipinski definition) is 3. The zero-order valence-corrected chi connectivity index (χ0v) is 15.1. The number of piperazine rings is 1. The number of hydrogen-bond donors (Lipinski definition) is 0. The predicted octanol–water partition coefficient (Wildman–Crippen LogP) is 5.23. The number of aromatic nitrogens is 1. The minimum atomic E-state index is -4.52. The largest absolute Gasteiger partial charge is 0.433 e. The van der Waals surface area contributed by atoms with Crippen LogP contribution in [0.3, 0.4) is 0 Å². The van der Waals surface area contributed by atoms with Crippen LogP contribution >= 0.6 is 11.6 Å². The second kappa shape index (κ2) is 6.93. The van der Waals surface area contributed by atoms with Crippen molar-refractivity contribution in [2.75, 3.05) is 36.0 Å². The first kappa shape index (κ1) is 17.9. The fourth-order valence-electron chi connectivity index (χ4n) is 3.45. The molecule has 0 aliphatic carbocycles. The smallest absolute Gasteiger partial charge is 0.368 e. The summed E-state index contributed by atoms with van der Waals surface area (Å²) in [6, 6.07) is 16.2. The van der Waals surface area contributed by atoms with Crippen LogP contribution in [0.5, 0.6) is 0 Å². The normalized spacial score (nSPS) is 15.4. The molecule has 0 bridgehead atoms. The van der Waals surface area contributed by atoms with E-state index < -0.39 is 11.9 Å². The van der Waals surface area contributed by atoms with Gasteiger partial charge in [-0.1, -0.05) is 41.9 Å². The quantitative estimate of drug-likeness (QED) is 0.596. The molecule has 3 nitrogen and oxygen atoms in total. The number of alkyl halides is 3. The molecule has 1 aromatic heterocycles. The lowest BCUT2D eigenvalue weighted by Gasteiger charge is -2.38. The Labute approximate surface area is 160 Å². The minimum absolute atomic E-state index is 0.189. The molecule has 1 saturated heterocycles. The summed E-state index contributed by atoms with van der Waals surface area (Å²) in [5.41, 5.74) is 0.927. The van der Waals surface area contributed by atoms with Crippen molar-refractivity contribution in [2.24, 2.45) is 0 Å². The number of para-hydroxylation sites is 2. The van der Waals surface area contributed by atoms with Gasteiger partial charge in [-0.05, 0) is 24.3 Å². The molecule has 7 heteroatoms. The van der Waals surface area contributed by atoms with Crippen molar-refractivity contribution in [3.8, 4) is 0 Å². The van der Waals surface area contributed by atoms with Crippen LogP contribution in [0.2, 0.25) is 5.02 Å². The van der Waals surface area contributed by atoms with Crippen LogP contribution in [0.15, 0.2) is 54.6 Å². The Kier molecular flexibility index (Phi) is 4.60. The van der Waals surface area contributed by atoms with Gasteiger partial charge in [0.2, 0.25) is 0 Å². The van der Waals surface area contributed by atoms with Crippen LogP contribution < -0.4 is 9.80 Å². The molecule has 0 unspecified atom stereocenters. The Bertz CT molecular complexity index is 952. The molecule has 0 atom stereocenters. The molecule has 4 rings (SSSR count). The first-order valence-corrected chi connectivity index (χ1v) is 9.03. The third-order valence-electron chi connectivity index (χ3n) is 4.80. The third-order valence-corrected chi connectivity index (χ3v) is 5.11. The highest BCUT2D eigenvalue weighted by molar-refractivity contribution is 6.35. The first-order chi connectivity index (χ1) is 12.9. The standard InChI is InChI=1S/C20H17ClF3N3/c21-16-8-4-7-15-17(13-18(20(22,23)24)25-19(15)16)27-11-9-26(10-12-27)14-5-2-1-3-6-14/h1-8,13H,9-12H2. The summed E-state index contributed by atoms with van der Waals surface area (Å²) in [6.07, 6.45) is -4.52. The number of halogens is 4. The van der Waals surface area contributed by atoms with Crippen molar-refractivity contribution in [1.82, 2.24) is 4.98 Å². The maximum atomic E-state index is 13.3. The monoisotopic (exact) mass is 391 g/mol. The Morgan fingerprint density at radius 2 is 1.52 bits per heavy atom. The van der Waals surface area contributed by atoms with E-state index in [0.29, 0.717) is 24.2 Å². The molecule has 2 heterocycles. The lowest BCUT2D eigenvalue weighted by molar-refractivity contribution is -0.140. The van der Waals surface area contributed by atoms with Gasteiger partial charge in [0.15, 0.2) is 0 Å². The summed E-state index contributed by atoms with van der Waals surface area (Å²) >= 11 is 6.14. The number of rotatable bonds is 2. The van der Waals surface area contributed by atoms with E-state index in [1.165, 1.54) is 0 Å². The van der Waals surface area contributed by atoms with Crippen LogP contribution in [-0.4, -0.2) is 31.2 Å². The van der Waals surface area contributed by atoms with Crippen LogP contribution in [0.4, 0.5) is 24.5 Å². The van der Waals surface area contributed by atoms with Gasteiger partial charge in [0.1, 0.15) is 5.69 Å². The molecular formula is C20H17ClF3N3. The van der Waals surface area contributed by atoms with Crippen LogP contribution in [0, 0.1) is 0 Å². The molecular weight excluding hydrogens is 375 g/mol. The maximum Gasteiger partial charge on any atom is 0.433 e. The first-order valence-electron chi connectivity index (χ1n) is 8.65. The molecule has 1 aliphatic heterocycles. The molecule has 27 heavy (non-hydrogen) atoms. The van der Waals surface area contributed by atoms with Crippen molar-refractivity contribution in [1.29, 1.82) is 0 Å². The van der Waals surface area contributed by atoms with Gasteiger partial charge in [-0.2, -0.15) is 13.2 Å². The van der Waals surface area contributed by atoms with Crippen LogP contribution in [0.25, 0.3) is 10.9 Å². The van der Waals surface area contributed by atoms with Gasteiger partial charge in [-0.25, -0.2) is 4.98 Å². The fourth-order valence-corrected chi connectivity index (χ4v) is 3.66. The van der Waals surface area contributed by atoms with E-state index in [4.69, 9.17) is 11.6 Å². The fraction of sp³-hybridized carbons (Fsp3) is 0.250. The zero-order valence-electron chi connectivity index (χ0n) is 14.4. The van der Waals surface area contributed by atoms with Crippen molar-refractivity contribution in [3.63, 3.8) is 0 Å². The predicted molar refractivity (Wildman–Crippen MR) is 103 cm³/mol. The van der Waals surface area contributed by atoms with Gasteiger partial charge in [-0.3, -0.25) is 0 Å². The van der Waals surface area contributed by atoms with Crippen molar-refractivity contribution < 1.29 is 13.2 Å². The molecule has 140 valence electrons. The van der Waals surface area contributed by atoms with Gasteiger partial charge < -0.3 is 9.80 Å². The third kappa shape index (κ3) is 3.54. The Balaban J connectivity index is 1.68. The highest BCUT2D eigenvalue weighted by atomic mass is 35.5. The van der Waals surface area contributed by atoms with Crippen molar-refractivity contribution in [2.45, 2.75) is 6.18 Å². The molecule has 0 N–H and O–H groups in total. The number of benzene rings is 2. The van der Waals surface area contributed by atoms with Gasteiger partial charge >= 0.3 is 6.18 Å². The second-order valence-electron chi connectivity index (χ2n) is 6.47. The summed E-state index contributed by atoms with van der Waals surface area (Å²) in [5.74, 6) is 0. The molecule has 0 amide bonds.